The number of nitrogens with one attached hydrogen (secondary N) is 1. The first-order valence-corrected chi connectivity index (χ1v) is 8.34. The van der Waals surface area contributed by atoms with Gasteiger partial charge in [0.05, 0.1) is 6.10 Å². The van der Waals surface area contributed by atoms with E-state index in [0.717, 1.165) is 24.3 Å². The molecule has 1 N–H and O–H groups in total. The van der Waals surface area contributed by atoms with E-state index in [1.165, 1.54) is 50.5 Å². The van der Waals surface area contributed by atoms with Crippen LogP contribution in [0, 0.1) is 5.92 Å². The third-order valence-electron chi connectivity index (χ3n) is 4.32. The molecule has 2 aliphatic rings. The first kappa shape index (κ1) is 13.9. The highest BCUT2D eigenvalue weighted by atomic mass is 16.5. The van der Waals surface area contributed by atoms with Crippen LogP contribution in [0.1, 0.15) is 51.0 Å². The molecule has 0 amide bonds. The summed E-state index contributed by atoms with van der Waals surface area (Å²) < 4.78 is 5.88. The van der Waals surface area contributed by atoms with Gasteiger partial charge in [0.2, 0.25) is 0 Å². The maximum Gasteiger partial charge on any atom is 0.119 e. The largest absolute Gasteiger partial charge is 0.490 e. The van der Waals surface area contributed by atoms with Crippen LogP contribution in [0.4, 0.5) is 0 Å². The van der Waals surface area contributed by atoms with Crippen molar-refractivity contribution in [2.24, 2.45) is 5.92 Å². The van der Waals surface area contributed by atoms with Gasteiger partial charge >= 0.3 is 0 Å². The Morgan fingerprint density at radius 3 is 2.80 bits per heavy atom. The highest BCUT2D eigenvalue weighted by molar-refractivity contribution is 5.29. The molecule has 2 nitrogen and oxygen atoms in total. The van der Waals surface area contributed by atoms with Crippen LogP contribution in [0.3, 0.4) is 0 Å². The van der Waals surface area contributed by atoms with E-state index in [1.807, 2.05) is 0 Å². The molecule has 20 heavy (non-hydrogen) atoms. The Hall–Kier alpha value is -1.02. The summed E-state index contributed by atoms with van der Waals surface area (Å²) in [6.07, 6.45) is 9.46. The van der Waals surface area contributed by atoms with Crippen LogP contribution in [0.2, 0.25) is 0 Å². The van der Waals surface area contributed by atoms with Crippen molar-refractivity contribution in [1.29, 1.82) is 0 Å². The van der Waals surface area contributed by atoms with Crippen molar-refractivity contribution in [3.05, 3.63) is 29.8 Å². The van der Waals surface area contributed by atoms with E-state index < -0.39 is 0 Å². The van der Waals surface area contributed by atoms with Gasteiger partial charge in [-0.1, -0.05) is 19.1 Å². The van der Waals surface area contributed by atoms with Gasteiger partial charge in [-0.25, -0.2) is 0 Å². The van der Waals surface area contributed by atoms with E-state index >= 15 is 0 Å². The van der Waals surface area contributed by atoms with Crippen LogP contribution in [0.25, 0.3) is 0 Å². The third kappa shape index (κ3) is 4.24. The number of benzene rings is 1. The molecule has 110 valence electrons. The number of aryl methyl sites for hydroxylation is 1. The molecule has 0 bridgehead atoms. The lowest BCUT2D eigenvalue weighted by molar-refractivity contribution is 0.303. The summed E-state index contributed by atoms with van der Waals surface area (Å²) in [5, 5.41) is 3.73. The molecule has 2 aliphatic carbocycles. The first-order valence-electron chi connectivity index (χ1n) is 8.34. The highest BCUT2D eigenvalue weighted by Crippen LogP contribution is 2.34. The number of hydrogen-bond donors (Lipinski definition) is 1. The molecule has 1 atom stereocenters. The van der Waals surface area contributed by atoms with Gasteiger partial charge in [-0.2, -0.15) is 0 Å². The smallest absolute Gasteiger partial charge is 0.119 e. The van der Waals surface area contributed by atoms with Gasteiger partial charge in [-0.3, -0.25) is 0 Å². The molecular weight excluding hydrogens is 246 g/mol. The fourth-order valence-electron chi connectivity index (χ4n) is 2.81. The van der Waals surface area contributed by atoms with Gasteiger partial charge in [0.25, 0.3) is 0 Å². The van der Waals surface area contributed by atoms with Crippen molar-refractivity contribution in [1.82, 2.24) is 5.32 Å². The Bertz CT molecular complexity index is 423. The minimum atomic E-state index is 0.496. The van der Waals surface area contributed by atoms with Crippen LogP contribution < -0.4 is 10.1 Å². The maximum atomic E-state index is 5.88. The first-order chi connectivity index (χ1) is 9.85. The van der Waals surface area contributed by atoms with Crippen LogP contribution in [-0.4, -0.2) is 18.7 Å². The lowest BCUT2D eigenvalue weighted by Gasteiger charge is -2.18. The second-order valence-corrected chi connectivity index (χ2v) is 6.40. The van der Waals surface area contributed by atoms with Crippen LogP contribution in [0.15, 0.2) is 24.3 Å². The van der Waals surface area contributed by atoms with Crippen molar-refractivity contribution in [2.75, 3.05) is 6.54 Å². The molecule has 1 unspecified atom stereocenters. The lowest BCUT2D eigenvalue weighted by Crippen LogP contribution is -2.32. The average molecular weight is 273 g/mol. The predicted molar refractivity (Wildman–Crippen MR) is 83.2 cm³/mol. The Kier molecular flexibility index (Phi) is 4.62. The second-order valence-electron chi connectivity index (χ2n) is 6.40. The standard InChI is InChI=1S/C18H27NO/c1-2-12-19-18(15-7-8-15)11-6-14-4-3-5-17(13-14)20-16-9-10-16/h3-5,13,15-16,18-19H,2,6-12H2,1H3. The number of rotatable bonds is 9. The number of hydrogen-bond acceptors (Lipinski definition) is 2. The topological polar surface area (TPSA) is 21.3 Å². The average Bonchev–Trinajstić information content (AvgIpc) is 3.33. The zero-order valence-electron chi connectivity index (χ0n) is 12.6. The van der Waals surface area contributed by atoms with E-state index in [4.69, 9.17) is 4.74 Å². The summed E-state index contributed by atoms with van der Waals surface area (Å²) >= 11 is 0. The van der Waals surface area contributed by atoms with Gasteiger partial charge in [0, 0.05) is 6.04 Å². The molecule has 0 spiro atoms. The molecule has 2 heteroatoms. The molecule has 0 saturated heterocycles. The number of ether oxygens (including phenoxy) is 1. The Morgan fingerprint density at radius 1 is 1.25 bits per heavy atom. The van der Waals surface area contributed by atoms with Gasteiger partial charge < -0.3 is 10.1 Å². The van der Waals surface area contributed by atoms with E-state index in [1.54, 1.807) is 0 Å². The van der Waals surface area contributed by atoms with Crippen molar-refractivity contribution in [2.45, 2.75) is 64.0 Å². The van der Waals surface area contributed by atoms with Crippen LogP contribution in [0.5, 0.6) is 5.75 Å². The Balaban J connectivity index is 1.50. The van der Waals surface area contributed by atoms with Gasteiger partial charge in [0.15, 0.2) is 0 Å². The van der Waals surface area contributed by atoms with Crippen molar-refractivity contribution in [3.8, 4) is 5.75 Å². The van der Waals surface area contributed by atoms with E-state index in [9.17, 15) is 0 Å². The minimum absolute atomic E-state index is 0.496. The maximum absolute atomic E-state index is 5.88. The molecule has 0 heterocycles. The highest BCUT2D eigenvalue weighted by Gasteiger charge is 2.30. The summed E-state index contributed by atoms with van der Waals surface area (Å²) in [6.45, 7) is 3.40. The summed E-state index contributed by atoms with van der Waals surface area (Å²) in [6, 6.07) is 9.43. The van der Waals surface area contributed by atoms with E-state index in [2.05, 4.69) is 36.5 Å². The van der Waals surface area contributed by atoms with E-state index in [-0.39, 0.29) is 0 Å². The van der Waals surface area contributed by atoms with Crippen molar-refractivity contribution >= 4 is 0 Å². The van der Waals surface area contributed by atoms with Gasteiger partial charge in [-0.05, 0) is 75.1 Å². The minimum Gasteiger partial charge on any atom is -0.490 e. The molecule has 3 rings (SSSR count). The van der Waals surface area contributed by atoms with Crippen molar-refractivity contribution in [3.63, 3.8) is 0 Å². The summed E-state index contributed by atoms with van der Waals surface area (Å²) in [5.41, 5.74) is 1.42. The molecule has 1 aromatic carbocycles. The fraction of sp³-hybridized carbons (Fsp3) is 0.667. The predicted octanol–water partition coefficient (Wildman–Crippen LogP) is 3.94. The monoisotopic (exact) mass is 273 g/mol. The quantitative estimate of drug-likeness (QED) is 0.736. The Morgan fingerprint density at radius 2 is 2.10 bits per heavy atom. The van der Waals surface area contributed by atoms with Crippen LogP contribution in [-0.2, 0) is 6.42 Å². The van der Waals surface area contributed by atoms with Crippen molar-refractivity contribution < 1.29 is 4.74 Å². The third-order valence-corrected chi connectivity index (χ3v) is 4.32. The van der Waals surface area contributed by atoms with Gasteiger partial charge in [-0.15, -0.1) is 0 Å². The fourth-order valence-corrected chi connectivity index (χ4v) is 2.81. The zero-order valence-corrected chi connectivity index (χ0v) is 12.6. The van der Waals surface area contributed by atoms with Gasteiger partial charge in [0.1, 0.15) is 5.75 Å². The lowest BCUT2D eigenvalue weighted by atomic mass is 10.0. The summed E-state index contributed by atoms with van der Waals surface area (Å²) in [5.74, 6) is 2.00. The normalized spacial score (nSPS) is 19.9. The zero-order chi connectivity index (χ0) is 13.8. The molecular formula is C18H27NO. The second kappa shape index (κ2) is 6.62. The molecule has 1 aromatic rings. The molecule has 0 aliphatic heterocycles. The molecule has 0 aromatic heterocycles. The summed E-state index contributed by atoms with van der Waals surface area (Å²) in [4.78, 5) is 0. The van der Waals surface area contributed by atoms with Crippen LogP contribution >= 0.6 is 0 Å². The van der Waals surface area contributed by atoms with E-state index in [0.29, 0.717) is 6.10 Å². The SMILES string of the molecule is CCCNC(CCc1cccc(OC2CC2)c1)C1CC1. The molecule has 0 radical (unpaired) electrons. The molecule has 2 fully saturated rings. The Labute approximate surface area is 122 Å². The summed E-state index contributed by atoms with van der Waals surface area (Å²) in [7, 11) is 0. The molecule has 2 saturated carbocycles.